The maximum absolute atomic E-state index is 12.1. The van der Waals surface area contributed by atoms with Crippen molar-refractivity contribution in [3.05, 3.63) is 41.1 Å². The minimum atomic E-state index is -0.399. The number of esters is 1. The van der Waals surface area contributed by atoms with Gasteiger partial charge >= 0.3 is 5.97 Å². The Bertz CT molecular complexity index is 780. The van der Waals surface area contributed by atoms with Crippen molar-refractivity contribution in [3.8, 4) is 5.75 Å². The van der Waals surface area contributed by atoms with Gasteiger partial charge in [-0.25, -0.2) is 4.68 Å². The zero-order valence-corrected chi connectivity index (χ0v) is 13.6. The third kappa shape index (κ3) is 2.97. The number of hydrogen-bond donors (Lipinski definition) is 2. The Balaban J connectivity index is 2.00. The maximum Gasteiger partial charge on any atom is 0.327 e. The van der Waals surface area contributed by atoms with Crippen LogP contribution >= 0.6 is 0 Å². The molecule has 1 aromatic carbocycles. The van der Waals surface area contributed by atoms with Gasteiger partial charge < -0.3 is 15.2 Å². The van der Waals surface area contributed by atoms with Crippen LogP contribution in [0.5, 0.6) is 5.75 Å². The van der Waals surface area contributed by atoms with Gasteiger partial charge in [0.25, 0.3) is 0 Å². The Morgan fingerprint density at radius 1 is 1.42 bits per heavy atom. The average Bonchev–Trinajstić information content (AvgIpc) is 2.83. The number of phenolic OH excluding ortho intramolecular Hbond substituents is 1. The first-order chi connectivity index (χ1) is 11.5. The van der Waals surface area contributed by atoms with Crippen LogP contribution < -0.4 is 5.32 Å². The highest BCUT2D eigenvalue weighted by Gasteiger charge is 2.32. The molecule has 0 spiro atoms. The predicted molar refractivity (Wildman–Crippen MR) is 86.8 cm³/mol. The second-order valence-electron chi connectivity index (χ2n) is 5.71. The van der Waals surface area contributed by atoms with Crippen molar-refractivity contribution in [1.82, 2.24) is 9.78 Å². The first-order valence-corrected chi connectivity index (χ1v) is 7.81. The molecule has 7 nitrogen and oxygen atoms in total. The molecule has 1 atom stereocenters. The third-order valence-electron chi connectivity index (χ3n) is 4.05. The van der Waals surface area contributed by atoms with E-state index in [-0.39, 0.29) is 24.1 Å². The molecule has 126 valence electrons. The van der Waals surface area contributed by atoms with Crippen molar-refractivity contribution in [2.24, 2.45) is 0 Å². The van der Waals surface area contributed by atoms with Crippen LogP contribution in [0.3, 0.4) is 0 Å². The van der Waals surface area contributed by atoms with Gasteiger partial charge in [0.15, 0.2) is 0 Å². The highest BCUT2D eigenvalue weighted by Crippen LogP contribution is 2.39. The topological polar surface area (TPSA) is 93.5 Å². The lowest BCUT2D eigenvalue weighted by molar-refractivity contribution is -0.144. The van der Waals surface area contributed by atoms with E-state index in [9.17, 15) is 14.7 Å². The van der Waals surface area contributed by atoms with Crippen LogP contribution in [0.2, 0.25) is 0 Å². The van der Waals surface area contributed by atoms with E-state index in [0.29, 0.717) is 18.8 Å². The highest BCUT2D eigenvalue weighted by atomic mass is 16.5. The Kier molecular flexibility index (Phi) is 4.24. The minimum absolute atomic E-state index is 0.0490. The highest BCUT2D eigenvalue weighted by molar-refractivity contribution is 5.94. The van der Waals surface area contributed by atoms with Gasteiger partial charge in [-0.05, 0) is 31.5 Å². The van der Waals surface area contributed by atoms with Crippen LogP contribution in [0.15, 0.2) is 24.3 Å². The van der Waals surface area contributed by atoms with Gasteiger partial charge in [-0.1, -0.05) is 12.1 Å². The number of ether oxygens (including phenoxy) is 1. The molecular formula is C17H19N3O4. The lowest BCUT2D eigenvalue weighted by atomic mass is 9.86. The summed E-state index contributed by atoms with van der Waals surface area (Å²) in [4.78, 5) is 23.9. The molecule has 0 bridgehead atoms. The van der Waals surface area contributed by atoms with Crippen LogP contribution in [-0.2, 0) is 20.9 Å². The van der Waals surface area contributed by atoms with Crippen molar-refractivity contribution in [3.63, 3.8) is 0 Å². The van der Waals surface area contributed by atoms with Crippen LogP contribution in [0, 0.1) is 6.92 Å². The molecule has 0 radical (unpaired) electrons. The number of fused-ring (bicyclic) bond motifs is 1. The van der Waals surface area contributed by atoms with E-state index in [1.54, 1.807) is 31.2 Å². The zero-order valence-electron chi connectivity index (χ0n) is 13.6. The molecule has 0 fully saturated rings. The third-order valence-corrected chi connectivity index (χ3v) is 4.05. The van der Waals surface area contributed by atoms with Crippen molar-refractivity contribution in [2.75, 3.05) is 11.9 Å². The van der Waals surface area contributed by atoms with Gasteiger partial charge in [0.2, 0.25) is 5.91 Å². The van der Waals surface area contributed by atoms with Crippen LogP contribution in [0.1, 0.15) is 36.1 Å². The molecule has 1 aromatic heterocycles. The number of phenols is 1. The summed E-state index contributed by atoms with van der Waals surface area (Å²) in [5, 5.41) is 16.7. The molecule has 1 aliphatic heterocycles. The molecule has 0 saturated heterocycles. The largest absolute Gasteiger partial charge is 0.508 e. The average molecular weight is 329 g/mol. The molecule has 1 aliphatic rings. The monoisotopic (exact) mass is 329 g/mol. The summed E-state index contributed by atoms with van der Waals surface area (Å²) in [6.07, 6.45) is 0.295. The van der Waals surface area contributed by atoms with Gasteiger partial charge in [0.05, 0.1) is 12.3 Å². The van der Waals surface area contributed by atoms with Crippen LogP contribution in [0.4, 0.5) is 5.82 Å². The number of carbonyl (C=O) groups is 2. The number of hydrogen-bond acceptors (Lipinski definition) is 5. The fourth-order valence-electron chi connectivity index (χ4n) is 3.05. The first kappa shape index (κ1) is 16.0. The number of aromatic nitrogens is 2. The maximum atomic E-state index is 12.1. The number of benzene rings is 1. The summed E-state index contributed by atoms with van der Waals surface area (Å²) < 4.78 is 6.44. The molecule has 0 aliphatic carbocycles. The second-order valence-corrected chi connectivity index (χ2v) is 5.71. The number of amides is 1. The van der Waals surface area contributed by atoms with E-state index in [1.165, 1.54) is 4.68 Å². The number of rotatable bonds is 4. The number of nitrogens with zero attached hydrogens (tertiary/aromatic N) is 2. The van der Waals surface area contributed by atoms with E-state index >= 15 is 0 Å². The smallest absolute Gasteiger partial charge is 0.327 e. The number of anilines is 1. The summed E-state index contributed by atoms with van der Waals surface area (Å²) >= 11 is 0. The van der Waals surface area contributed by atoms with E-state index in [2.05, 4.69) is 10.4 Å². The van der Waals surface area contributed by atoms with Gasteiger partial charge in [0.1, 0.15) is 18.1 Å². The summed E-state index contributed by atoms with van der Waals surface area (Å²) in [6.45, 7) is 3.84. The van der Waals surface area contributed by atoms with Gasteiger partial charge in [-0.3, -0.25) is 9.59 Å². The molecule has 24 heavy (non-hydrogen) atoms. The second kappa shape index (κ2) is 6.35. The molecule has 3 rings (SSSR count). The fraction of sp³-hybridized carbons (Fsp3) is 0.353. The Morgan fingerprint density at radius 2 is 2.12 bits per heavy atom. The standard InChI is InChI=1S/C17H19N3O4/c1-3-24-15(23)9-20-17-16(10(2)19-20)13(8-14(22)18-17)11-4-6-12(21)7-5-11/h4-7,13,21H,3,8-9H2,1-2H3,(H,18,22)/t13-/m0/s1. The molecule has 0 saturated carbocycles. The summed E-state index contributed by atoms with van der Waals surface area (Å²) in [7, 11) is 0. The van der Waals surface area contributed by atoms with Gasteiger partial charge in [-0.2, -0.15) is 5.10 Å². The molecule has 1 amide bonds. The number of carbonyl (C=O) groups excluding carboxylic acids is 2. The lowest BCUT2D eigenvalue weighted by Gasteiger charge is -2.24. The molecule has 2 heterocycles. The van der Waals surface area contributed by atoms with E-state index in [4.69, 9.17) is 4.74 Å². The SMILES string of the molecule is CCOC(=O)Cn1nc(C)c2c1NC(=O)C[C@H]2c1ccc(O)cc1. The number of aryl methyl sites for hydroxylation is 1. The first-order valence-electron chi connectivity index (χ1n) is 7.81. The molecule has 2 aromatic rings. The normalized spacial score (nSPS) is 16.4. The van der Waals surface area contributed by atoms with Crippen molar-refractivity contribution in [1.29, 1.82) is 0 Å². The lowest BCUT2D eigenvalue weighted by Crippen LogP contribution is -2.26. The summed E-state index contributed by atoms with van der Waals surface area (Å²) in [6, 6.07) is 6.79. The van der Waals surface area contributed by atoms with Crippen LogP contribution in [0.25, 0.3) is 0 Å². The van der Waals surface area contributed by atoms with E-state index in [1.807, 2.05) is 6.92 Å². The number of nitrogens with one attached hydrogen (secondary N) is 1. The number of aromatic hydroxyl groups is 1. The van der Waals surface area contributed by atoms with Crippen LogP contribution in [-0.4, -0.2) is 33.4 Å². The zero-order chi connectivity index (χ0) is 17.3. The quantitative estimate of drug-likeness (QED) is 0.836. The van der Waals surface area contributed by atoms with Gasteiger partial charge in [-0.15, -0.1) is 0 Å². The van der Waals surface area contributed by atoms with E-state index < -0.39 is 5.97 Å². The Morgan fingerprint density at radius 3 is 2.79 bits per heavy atom. The Labute approximate surface area is 139 Å². The Hall–Kier alpha value is -2.83. The minimum Gasteiger partial charge on any atom is -0.508 e. The van der Waals surface area contributed by atoms with Gasteiger partial charge in [0, 0.05) is 17.9 Å². The summed E-state index contributed by atoms with van der Waals surface area (Å²) in [5.74, 6) is 0.0172. The van der Waals surface area contributed by atoms with E-state index in [0.717, 1.165) is 16.8 Å². The predicted octanol–water partition coefficient (Wildman–Crippen LogP) is 1.93. The molecular weight excluding hydrogens is 310 g/mol. The molecule has 2 N–H and O–H groups in total. The molecule has 7 heteroatoms. The fourth-order valence-corrected chi connectivity index (χ4v) is 3.05. The molecule has 0 unspecified atom stereocenters. The summed E-state index contributed by atoms with van der Waals surface area (Å²) in [5.41, 5.74) is 2.57. The van der Waals surface area contributed by atoms with Crippen molar-refractivity contribution < 1.29 is 19.4 Å². The van der Waals surface area contributed by atoms with Crippen molar-refractivity contribution in [2.45, 2.75) is 32.7 Å². The van der Waals surface area contributed by atoms with Crippen molar-refractivity contribution >= 4 is 17.7 Å².